The summed E-state index contributed by atoms with van der Waals surface area (Å²) in [5.74, 6) is -0.779. The minimum absolute atomic E-state index is 0.779. The summed E-state index contributed by atoms with van der Waals surface area (Å²) in [5.41, 5.74) is 2.65. The van der Waals surface area contributed by atoms with Gasteiger partial charge in [0.05, 0.1) is 5.41 Å². The van der Waals surface area contributed by atoms with Gasteiger partial charge in [0.15, 0.2) is 0 Å². The smallest absolute Gasteiger partial charge is 0.313 e. The molecule has 88 valence electrons. The number of hydrogen-bond acceptors (Lipinski definition) is 1. The van der Waals surface area contributed by atoms with E-state index in [1.54, 1.807) is 13.8 Å². The summed E-state index contributed by atoms with van der Waals surface area (Å²) in [6.45, 7) is 7.72. The maximum Gasteiger partial charge on any atom is 0.313 e. The highest BCUT2D eigenvalue weighted by atomic mass is 16.4. The highest BCUT2D eigenvalue weighted by Crippen LogP contribution is 2.26. The first-order chi connectivity index (χ1) is 7.43. The molecule has 0 heterocycles. The Kier molecular flexibility index (Phi) is 3.74. The van der Waals surface area contributed by atoms with Crippen LogP contribution >= 0.6 is 0 Å². The molecule has 1 aromatic carbocycles. The minimum atomic E-state index is -0.809. The van der Waals surface area contributed by atoms with Gasteiger partial charge < -0.3 is 5.11 Å². The van der Waals surface area contributed by atoms with Crippen molar-refractivity contribution in [2.75, 3.05) is 0 Å². The van der Waals surface area contributed by atoms with Gasteiger partial charge in [0.2, 0.25) is 0 Å². The molecule has 0 fully saturated rings. The van der Waals surface area contributed by atoms with E-state index in [-0.39, 0.29) is 0 Å². The molecule has 0 atom stereocenters. The second kappa shape index (κ2) is 4.69. The summed E-state index contributed by atoms with van der Waals surface area (Å²) in [4.78, 5) is 11.2. The second-order valence-corrected chi connectivity index (χ2v) is 4.62. The third-order valence-corrected chi connectivity index (χ3v) is 3.22. The Morgan fingerprint density at radius 1 is 1.19 bits per heavy atom. The van der Waals surface area contributed by atoms with Crippen LogP contribution in [0.2, 0.25) is 0 Å². The van der Waals surface area contributed by atoms with E-state index in [1.807, 2.05) is 12.1 Å². The van der Waals surface area contributed by atoms with Crippen molar-refractivity contribution < 1.29 is 9.90 Å². The van der Waals surface area contributed by atoms with Crippen molar-refractivity contribution in [3.8, 4) is 0 Å². The van der Waals surface area contributed by atoms with E-state index >= 15 is 0 Å². The monoisotopic (exact) mass is 220 g/mol. The summed E-state index contributed by atoms with van der Waals surface area (Å²) >= 11 is 0. The van der Waals surface area contributed by atoms with E-state index in [9.17, 15) is 9.90 Å². The molecule has 0 radical (unpaired) electrons. The standard InChI is InChI=1S/C14H20O2/c1-5-10-7-8-12(9-11(10)6-2)14(3,4)13(15)16/h7-9H,5-6H2,1-4H3,(H,15,16). The van der Waals surface area contributed by atoms with Gasteiger partial charge in [-0.25, -0.2) is 0 Å². The van der Waals surface area contributed by atoms with Gasteiger partial charge >= 0.3 is 5.97 Å². The maximum atomic E-state index is 11.2. The van der Waals surface area contributed by atoms with Crippen LogP contribution in [-0.2, 0) is 23.1 Å². The normalized spacial score (nSPS) is 11.5. The quantitative estimate of drug-likeness (QED) is 0.846. The van der Waals surface area contributed by atoms with Gasteiger partial charge in [-0.1, -0.05) is 32.0 Å². The molecule has 1 N–H and O–H groups in total. The average molecular weight is 220 g/mol. The summed E-state index contributed by atoms with van der Waals surface area (Å²) in [5, 5.41) is 9.18. The Bertz CT molecular complexity index is 392. The lowest BCUT2D eigenvalue weighted by atomic mass is 9.82. The predicted octanol–water partition coefficient (Wildman–Crippen LogP) is 3.17. The molecule has 0 aliphatic heterocycles. The number of rotatable bonds is 4. The number of aliphatic carboxylic acids is 1. The molecule has 0 saturated heterocycles. The van der Waals surface area contributed by atoms with Crippen molar-refractivity contribution in [2.45, 2.75) is 46.0 Å². The molecule has 0 saturated carbocycles. The van der Waals surface area contributed by atoms with Crippen LogP contribution < -0.4 is 0 Å². The van der Waals surface area contributed by atoms with Gasteiger partial charge in [-0.2, -0.15) is 0 Å². The summed E-state index contributed by atoms with van der Waals surface area (Å²) in [6.07, 6.45) is 1.95. The largest absolute Gasteiger partial charge is 0.481 e. The molecule has 0 aliphatic rings. The molecule has 2 nitrogen and oxygen atoms in total. The lowest BCUT2D eigenvalue weighted by Crippen LogP contribution is -2.28. The first-order valence-corrected chi connectivity index (χ1v) is 5.79. The molecule has 0 spiro atoms. The van der Waals surface area contributed by atoms with Crippen LogP contribution in [0.25, 0.3) is 0 Å². The molecule has 1 aromatic rings. The maximum absolute atomic E-state index is 11.2. The molecule has 1 rings (SSSR count). The third kappa shape index (κ3) is 2.26. The van der Waals surface area contributed by atoms with Crippen LogP contribution in [0.4, 0.5) is 0 Å². The van der Waals surface area contributed by atoms with E-state index in [1.165, 1.54) is 11.1 Å². The van der Waals surface area contributed by atoms with E-state index < -0.39 is 11.4 Å². The predicted molar refractivity (Wildman–Crippen MR) is 65.9 cm³/mol. The lowest BCUT2D eigenvalue weighted by Gasteiger charge is -2.21. The fraction of sp³-hybridized carbons (Fsp3) is 0.500. The van der Waals surface area contributed by atoms with Gasteiger partial charge in [-0.05, 0) is 43.4 Å². The molecule has 0 aliphatic carbocycles. The molecular formula is C14H20O2. The Labute approximate surface area is 97.3 Å². The third-order valence-electron chi connectivity index (χ3n) is 3.22. The second-order valence-electron chi connectivity index (χ2n) is 4.62. The number of benzene rings is 1. The summed E-state index contributed by atoms with van der Waals surface area (Å²) < 4.78 is 0. The Hall–Kier alpha value is -1.31. The van der Waals surface area contributed by atoms with Crippen molar-refractivity contribution in [3.63, 3.8) is 0 Å². The van der Waals surface area contributed by atoms with Crippen molar-refractivity contribution in [3.05, 3.63) is 34.9 Å². The van der Waals surface area contributed by atoms with Crippen molar-refractivity contribution in [2.24, 2.45) is 0 Å². The zero-order valence-corrected chi connectivity index (χ0v) is 10.5. The van der Waals surface area contributed by atoms with E-state index in [0.29, 0.717) is 0 Å². The molecule has 0 aromatic heterocycles. The SMILES string of the molecule is CCc1ccc(C(C)(C)C(=O)O)cc1CC. The highest BCUT2D eigenvalue weighted by molar-refractivity contribution is 5.80. The van der Waals surface area contributed by atoms with E-state index in [4.69, 9.17) is 0 Å². The fourth-order valence-corrected chi connectivity index (χ4v) is 1.81. The van der Waals surface area contributed by atoms with Gasteiger partial charge in [0, 0.05) is 0 Å². The zero-order chi connectivity index (χ0) is 12.3. The molecule has 2 heteroatoms. The summed E-state index contributed by atoms with van der Waals surface area (Å²) in [6, 6.07) is 6.03. The van der Waals surface area contributed by atoms with Crippen LogP contribution in [0, 0.1) is 0 Å². The van der Waals surface area contributed by atoms with Gasteiger partial charge in [0.25, 0.3) is 0 Å². The molecular weight excluding hydrogens is 200 g/mol. The van der Waals surface area contributed by atoms with Gasteiger partial charge in [-0.15, -0.1) is 0 Å². The molecule has 16 heavy (non-hydrogen) atoms. The van der Waals surface area contributed by atoms with E-state index in [0.717, 1.165) is 18.4 Å². The molecule has 0 amide bonds. The van der Waals surface area contributed by atoms with Crippen LogP contribution in [0.15, 0.2) is 18.2 Å². The number of carboxylic acid groups (broad SMARTS) is 1. The Morgan fingerprint density at radius 3 is 2.19 bits per heavy atom. The number of hydrogen-bond donors (Lipinski definition) is 1. The zero-order valence-electron chi connectivity index (χ0n) is 10.5. The first-order valence-electron chi connectivity index (χ1n) is 5.79. The topological polar surface area (TPSA) is 37.3 Å². The molecule has 0 bridgehead atoms. The van der Waals surface area contributed by atoms with Crippen LogP contribution in [0.3, 0.4) is 0 Å². The van der Waals surface area contributed by atoms with Gasteiger partial charge in [-0.3, -0.25) is 4.79 Å². The number of carboxylic acids is 1. The average Bonchev–Trinajstić information content (AvgIpc) is 2.27. The van der Waals surface area contributed by atoms with Crippen LogP contribution in [0.1, 0.15) is 44.4 Å². The van der Waals surface area contributed by atoms with Crippen LogP contribution in [-0.4, -0.2) is 11.1 Å². The van der Waals surface area contributed by atoms with Crippen molar-refractivity contribution >= 4 is 5.97 Å². The van der Waals surface area contributed by atoms with Crippen molar-refractivity contribution in [1.82, 2.24) is 0 Å². The Balaban J connectivity index is 3.23. The number of carbonyl (C=O) groups is 1. The van der Waals surface area contributed by atoms with Crippen LogP contribution in [0.5, 0.6) is 0 Å². The lowest BCUT2D eigenvalue weighted by molar-refractivity contribution is -0.142. The van der Waals surface area contributed by atoms with Crippen molar-refractivity contribution in [1.29, 1.82) is 0 Å². The molecule has 0 unspecified atom stereocenters. The summed E-state index contributed by atoms with van der Waals surface area (Å²) in [7, 11) is 0. The minimum Gasteiger partial charge on any atom is -0.481 e. The number of aryl methyl sites for hydroxylation is 2. The van der Waals surface area contributed by atoms with Gasteiger partial charge in [0.1, 0.15) is 0 Å². The Morgan fingerprint density at radius 2 is 1.75 bits per heavy atom. The highest BCUT2D eigenvalue weighted by Gasteiger charge is 2.29. The first kappa shape index (κ1) is 12.8. The fourth-order valence-electron chi connectivity index (χ4n) is 1.81. The van der Waals surface area contributed by atoms with E-state index in [2.05, 4.69) is 19.9 Å².